The van der Waals surface area contributed by atoms with Crippen molar-refractivity contribution in [3.05, 3.63) is 29.8 Å². The highest BCUT2D eigenvalue weighted by molar-refractivity contribution is 6.04. The van der Waals surface area contributed by atoms with E-state index in [1.807, 2.05) is 0 Å². The highest BCUT2D eigenvalue weighted by atomic mass is 16.5. The average Bonchev–Trinajstić information content (AvgIpc) is 2.48. The molecule has 5 heteroatoms. The summed E-state index contributed by atoms with van der Waals surface area (Å²) in [6.45, 7) is 3.99. The minimum atomic E-state index is -0.361. The van der Waals surface area contributed by atoms with Gasteiger partial charge in [0, 0.05) is 24.3 Å². The van der Waals surface area contributed by atoms with Gasteiger partial charge >= 0.3 is 0 Å². The van der Waals surface area contributed by atoms with Gasteiger partial charge in [0.05, 0.1) is 13.2 Å². The van der Waals surface area contributed by atoms with Gasteiger partial charge in [-0.05, 0) is 37.1 Å². The number of anilines is 1. The Morgan fingerprint density at radius 2 is 1.85 bits per heavy atom. The van der Waals surface area contributed by atoms with Crippen LogP contribution in [0.1, 0.15) is 17.3 Å². The van der Waals surface area contributed by atoms with Crippen LogP contribution in [-0.2, 0) is 9.53 Å². The second-order valence-corrected chi connectivity index (χ2v) is 4.31. The summed E-state index contributed by atoms with van der Waals surface area (Å²) in [5.74, 6) is 4.54. The Hall–Kier alpha value is -2.32. The average molecular weight is 272 g/mol. The Morgan fingerprint density at radius 1 is 1.20 bits per heavy atom. The van der Waals surface area contributed by atoms with Crippen molar-refractivity contribution in [2.45, 2.75) is 6.92 Å². The number of rotatable bonds is 2. The van der Waals surface area contributed by atoms with Gasteiger partial charge in [0.1, 0.15) is 0 Å². The zero-order valence-electron chi connectivity index (χ0n) is 11.3. The third kappa shape index (κ3) is 3.59. The molecule has 0 saturated carbocycles. The van der Waals surface area contributed by atoms with Crippen molar-refractivity contribution in [2.75, 3.05) is 31.6 Å². The zero-order valence-corrected chi connectivity index (χ0v) is 11.3. The SMILES string of the molecule is CC#CC(=O)Nc1ccc(C(=O)N2CCOCC2)cc1. The maximum Gasteiger partial charge on any atom is 0.300 e. The summed E-state index contributed by atoms with van der Waals surface area (Å²) in [7, 11) is 0. The molecule has 0 aromatic heterocycles. The number of hydrogen-bond acceptors (Lipinski definition) is 3. The normalized spacial score (nSPS) is 14.2. The van der Waals surface area contributed by atoms with E-state index in [0.29, 0.717) is 37.6 Å². The standard InChI is InChI=1S/C15H16N2O3/c1-2-3-14(18)16-13-6-4-12(5-7-13)15(19)17-8-10-20-11-9-17/h4-7H,8-11H2,1H3,(H,16,18). The number of ether oxygens (including phenoxy) is 1. The fourth-order valence-electron chi connectivity index (χ4n) is 1.92. The fourth-order valence-corrected chi connectivity index (χ4v) is 1.92. The Bertz CT molecular complexity index is 549. The fraction of sp³-hybridized carbons (Fsp3) is 0.333. The van der Waals surface area contributed by atoms with Crippen molar-refractivity contribution in [2.24, 2.45) is 0 Å². The first kappa shape index (κ1) is 14.1. The summed E-state index contributed by atoms with van der Waals surface area (Å²) < 4.78 is 5.22. The molecule has 0 radical (unpaired) electrons. The summed E-state index contributed by atoms with van der Waals surface area (Å²) in [4.78, 5) is 25.3. The van der Waals surface area contributed by atoms with Crippen LogP contribution < -0.4 is 5.32 Å². The molecule has 2 amide bonds. The molecule has 0 aliphatic carbocycles. The highest BCUT2D eigenvalue weighted by Crippen LogP contribution is 2.12. The Labute approximate surface area is 117 Å². The molecule has 1 aliphatic heterocycles. The van der Waals surface area contributed by atoms with Crippen LogP contribution in [0.5, 0.6) is 0 Å². The Morgan fingerprint density at radius 3 is 2.45 bits per heavy atom. The molecule has 104 valence electrons. The number of benzene rings is 1. The number of carbonyl (C=O) groups excluding carboxylic acids is 2. The van der Waals surface area contributed by atoms with Crippen LogP contribution in [0.4, 0.5) is 5.69 Å². The highest BCUT2D eigenvalue weighted by Gasteiger charge is 2.18. The predicted octanol–water partition coefficient (Wildman–Crippen LogP) is 1.12. The zero-order chi connectivity index (χ0) is 14.4. The first-order valence-electron chi connectivity index (χ1n) is 6.41. The maximum absolute atomic E-state index is 12.2. The summed E-state index contributed by atoms with van der Waals surface area (Å²) >= 11 is 0. The first-order valence-corrected chi connectivity index (χ1v) is 6.41. The van der Waals surface area contributed by atoms with Gasteiger partial charge in [-0.2, -0.15) is 0 Å². The molecular weight excluding hydrogens is 256 g/mol. The lowest BCUT2D eigenvalue weighted by Gasteiger charge is -2.26. The van der Waals surface area contributed by atoms with Gasteiger partial charge in [0.25, 0.3) is 11.8 Å². The number of hydrogen-bond donors (Lipinski definition) is 1. The van der Waals surface area contributed by atoms with E-state index in [9.17, 15) is 9.59 Å². The van der Waals surface area contributed by atoms with E-state index < -0.39 is 0 Å². The number of nitrogens with one attached hydrogen (secondary N) is 1. The molecule has 0 bridgehead atoms. The van der Waals surface area contributed by atoms with Crippen LogP contribution in [0.25, 0.3) is 0 Å². The van der Waals surface area contributed by atoms with Gasteiger partial charge in [0.2, 0.25) is 0 Å². The van der Waals surface area contributed by atoms with Crippen LogP contribution in [0, 0.1) is 11.8 Å². The number of nitrogens with zero attached hydrogens (tertiary/aromatic N) is 1. The largest absolute Gasteiger partial charge is 0.378 e. The molecule has 1 N–H and O–H groups in total. The van der Waals surface area contributed by atoms with Gasteiger partial charge in [-0.3, -0.25) is 9.59 Å². The van der Waals surface area contributed by atoms with Crippen molar-refractivity contribution in [3.63, 3.8) is 0 Å². The summed E-state index contributed by atoms with van der Waals surface area (Å²) in [5, 5.41) is 2.63. The van der Waals surface area contributed by atoms with E-state index in [-0.39, 0.29) is 11.8 Å². The molecule has 1 saturated heterocycles. The number of morpholine rings is 1. The molecule has 0 spiro atoms. The van der Waals surface area contributed by atoms with Crippen molar-refractivity contribution < 1.29 is 14.3 Å². The van der Waals surface area contributed by atoms with E-state index in [2.05, 4.69) is 17.2 Å². The molecular formula is C15H16N2O3. The lowest BCUT2D eigenvalue weighted by Crippen LogP contribution is -2.40. The minimum absolute atomic E-state index is 0.0143. The van der Waals surface area contributed by atoms with Gasteiger partial charge in [-0.25, -0.2) is 0 Å². The van der Waals surface area contributed by atoms with Gasteiger partial charge < -0.3 is 15.0 Å². The van der Waals surface area contributed by atoms with Crippen LogP contribution >= 0.6 is 0 Å². The van der Waals surface area contributed by atoms with Crippen molar-refractivity contribution in [1.29, 1.82) is 0 Å². The van der Waals surface area contributed by atoms with Crippen LogP contribution in [0.2, 0.25) is 0 Å². The molecule has 2 rings (SSSR count). The summed E-state index contributed by atoms with van der Waals surface area (Å²) in [6, 6.07) is 6.80. The quantitative estimate of drug-likeness (QED) is 0.821. The molecule has 20 heavy (non-hydrogen) atoms. The van der Waals surface area contributed by atoms with E-state index in [0.717, 1.165) is 0 Å². The number of carbonyl (C=O) groups is 2. The smallest absolute Gasteiger partial charge is 0.300 e. The molecule has 1 aromatic rings. The summed E-state index contributed by atoms with van der Waals surface area (Å²) in [6.07, 6.45) is 0. The number of amides is 2. The lowest BCUT2D eigenvalue weighted by atomic mass is 10.1. The second-order valence-electron chi connectivity index (χ2n) is 4.31. The van der Waals surface area contributed by atoms with Crippen molar-refractivity contribution >= 4 is 17.5 Å². The minimum Gasteiger partial charge on any atom is -0.378 e. The Balaban J connectivity index is 2.01. The van der Waals surface area contributed by atoms with Crippen molar-refractivity contribution in [3.8, 4) is 11.8 Å². The van der Waals surface area contributed by atoms with Crippen LogP contribution in [0.3, 0.4) is 0 Å². The molecule has 1 aromatic carbocycles. The molecule has 1 heterocycles. The van der Waals surface area contributed by atoms with E-state index >= 15 is 0 Å². The second kappa shape index (κ2) is 6.73. The van der Waals surface area contributed by atoms with Crippen LogP contribution in [-0.4, -0.2) is 43.0 Å². The van der Waals surface area contributed by atoms with Gasteiger partial charge in [-0.1, -0.05) is 5.92 Å². The molecule has 1 aliphatic rings. The molecule has 0 atom stereocenters. The molecule has 5 nitrogen and oxygen atoms in total. The maximum atomic E-state index is 12.2. The topological polar surface area (TPSA) is 58.6 Å². The predicted molar refractivity (Wildman–Crippen MR) is 75.2 cm³/mol. The molecule has 1 fully saturated rings. The van der Waals surface area contributed by atoms with Crippen LogP contribution in [0.15, 0.2) is 24.3 Å². The third-order valence-electron chi connectivity index (χ3n) is 2.93. The molecule has 0 unspecified atom stereocenters. The van der Waals surface area contributed by atoms with E-state index in [1.54, 1.807) is 36.1 Å². The first-order chi connectivity index (χ1) is 9.70. The van der Waals surface area contributed by atoms with Crippen molar-refractivity contribution in [1.82, 2.24) is 4.90 Å². The third-order valence-corrected chi connectivity index (χ3v) is 2.93. The Kier molecular flexibility index (Phi) is 4.75. The monoisotopic (exact) mass is 272 g/mol. The van der Waals surface area contributed by atoms with Gasteiger partial charge in [0.15, 0.2) is 0 Å². The summed E-state index contributed by atoms with van der Waals surface area (Å²) in [5.41, 5.74) is 1.22. The van der Waals surface area contributed by atoms with E-state index in [1.165, 1.54) is 0 Å². The van der Waals surface area contributed by atoms with E-state index in [4.69, 9.17) is 4.74 Å². The lowest BCUT2D eigenvalue weighted by molar-refractivity contribution is -0.111. The van der Waals surface area contributed by atoms with Gasteiger partial charge in [-0.15, -0.1) is 0 Å².